The average Bonchev–Trinajstić information content (AvgIpc) is 3.26. The lowest BCUT2D eigenvalue weighted by Crippen LogP contribution is -2.46. The number of carbonyl (C=O) groups is 2. The fraction of sp³-hybridized carbons (Fsp3) is 0.545. The quantitative estimate of drug-likeness (QED) is 0.832. The normalized spacial score (nSPS) is 23.0. The number of piperidine rings is 1. The smallest absolute Gasteiger partial charge is 0.274 e. The summed E-state index contributed by atoms with van der Waals surface area (Å²) in [6.07, 6.45) is 9.41. The number of pyridine rings is 1. The van der Waals surface area contributed by atoms with Crippen molar-refractivity contribution in [3.05, 3.63) is 36.3 Å². The SMILES string of the molecule is C[C@H]1CC[C@H](NC(=O)C2CCN(C(=O)c3cc(-c4ccncc4)[nH]n3)CC2)CC1. The summed E-state index contributed by atoms with van der Waals surface area (Å²) in [6, 6.07) is 5.85. The van der Waals surface area contributed by atoms with E-state index in [0.717, 1.165) is 30.0 Å². The van der Waals surface area contributed by atoms with Crippen LogP contribution in [0, 0.1) is 11.8 Å². The summed E-state index contributed by atoms with van der Waals surface area (Å²) in [4.78, 5) is 31.2. The zero-order valence-electron chi connectivity index (χ0n) is 16.9. The third kappa shape index (κ3) is 4.66. The van der Waals surface area contributed by atoms with Crippen LogP contribution in [0.25, 0.3) is 11.3 Å². The molecule has 7 nitrogen and oxygen atoms in total. The molecule has 2 aromatic rings. The minimum atomic E-state index is -0.0818. The second kappa shape index (κ2) is 8.76. The van der Waals surface area contributed by atoms with Crippen molar-refractivity contribution in [3.8, 4) is 11.3 Å². The minimum absolute atomic E-state index is 0.00460. The summed E-state index contributed by atoms with van der Waals surface area (Å²) in [6.45, 7) is 3.47. The first-order chi connectivity index (χ1) is 14.1. The van der Waals surface area contributed by atoms with Crippen LogP contribution in [0.1, 0.15) is 55.9 Å². The number of rotatable bonds is 4. The molecular weight excluding hydrogens is 366 g/mol. The Kier molecular flexibility index (Phi) is 5.92. The first kappa shape index (κ1) is 19.6. The molecule has 1 aliphatic heterocycles. The number of likely N-dealkylation sites (tertiary alicyclic amines) is 1. The number of aromatic nitrogens is 3. The maximum Gasteiger partial charge on any atom is 0.274 e. The summed E-state index contributed by atoms with van der Waals surface area (Å²) in [7, 11) is 0. The highest BCUT2D eigenvalue weighted by molar-refractivity contribution is 5.93. The monoisotopic (exact) mass is 395 g/mol. The highest BCUT2D eigenvalue weighted by atomic mass is 16.2. The molecule has 0 radical (unpaired) electrons. The lowest BCUT2D eigenvalue weighted by molar-refractivity contribution is -0.127. The Labute approximate surface area is 171 Å². The summed E-state index contributed by atoms with van der Waals surface area (Å²) < 4.78 is 0. The third-order valence-corrected chi connectivity index (χ3v) is 6.30. The predicted octanol–water partition coefficient (Wildman–Crippen LogP) is 3.02. The van der Waals surface area contributed by atoms with Gasteiger partial charge in [0.1, 0.15) is 0 Å². The first-order valence-corrected chi connectivity index (χ1v) is 10.7. The standard InChI is InChI=1S/C22H29N5O2/c1-15-2-4-18(5-3-15)24-21(28)17-8-12-27(13-9-17)22(29)20-14-19(25-26-20)16-6-10-23-11-7-16/h6-7,10-11,14-15,17-18H,2-5,8-9,12-13H2,1H3,(H,24,28)(H,25,26)/t15-,18-. The van der Waals surface area contributed by atoms with Crippen molar-refractivity contribution in [2.75, 3.05) is 13.1 Å². The molecule has 2 N–H and O–H groups in total. The van der Waals surface area contributed by atoms with E-state index in [9.17, 15) is 9.59 Å². The van der Waals surface area contributed by atoms with Gasteiger partial charge in [-0.25, -0.2) is 0 Å². The van der Waals surface area contributed by atoms with Crippen molar-refractivity contribution >= 4 is 11.8 Å². The van der Waals surface area contributed by atoms with Gasteiger partial charge in [0, 0.05) is 43.0 Å². The average molecular weight is 396 g/mol. The van der Waals surface area contributed by atoms with E-state index in [2.05, 4.69) is 27.4 Å². The molecule has 0 spiro atoms. The molecule has 0 unspecified atom stereocenters. The molecule has 2 fully saturated rings. The molecule has 0 bridgehead atoms. The number of hydrogen-bond acceptors (Lipinski definition) is 4. The molecule has 2 aliphatic rings. The fourth-order valence-electron chi connectivity index (χ4n) is 4.34. The van der Waals surface area contributed by atoms with E-state index < -0.39 is 0 Å². The van der Waals surface area contributed by atoms with Crippen molar-refractivity contribution in [3.63, 3.8) is 0 Å². The molecule has 1 aliphatic carbocycles. The Hall–Kier alpha value is -2.70. The molecule has 1 saturated carbocycles. The second-order valence-corrected chi connectivity index (χ2v) is 8.43. The number of amides is 2. The van der Waals surface area contributed by atoms with Crippen molar-refractivity contribution in [1.82, 2.24) is 25.4 Å². The van der Waals surface area contributed by atoms with Crippen LogP contribution < -0.4 is 5.32 Å². The van der Waals surface area contributed by atoms with Crippen LogP contribution in [0.15, 0.2) is 30.6 Å². The Balaban J connectivity index is 1.28. The van der Waals surface area contributed by atoms with E-state index in [4.69, 9.17) is 0 Å². The molecule has 2 aromatic heterocycles. The van der Waals surface area contributed by atoms with E-state index in [1.54, 1.807) is 23.4 Å². The summed E-state index contributed by atoms with van der Waals surface area (Å²) in [5.41, 5.74) is 2.15. The lowest BCUT2D eigenvalue weighted by Gasteiger charge is -2.33. The second-order valence-electron chi connectivity index (χ2n) is 8.43. The molecule has 29 heavy (non-hydrogen) atoms. The van der Waals surface area contributed by atoms with E-state index in [0.29, 0.717) is 37.7 Å². The van der Waals surface area contributed by atoms with E-state index >= 15 is 0 Å². The van der Waals surface area contributed by atoms with E-state index in [-0.39, 0.29) is 17.7 Å². The van der Waals surface area contributed by atoms with Crippen LogP contribution in [0.3, 0.4) is 0 Å². The van der Waals surface area contributed by atoms with Gasteiger partial charge in [-0.2, -0.15) is 5.10 Å². The highest BCUT2D eigenvalue weighted by Gasteiger charge is 2.30. The number of nitrogens with one attached hydrogen (secondary N) is 2. The van der Waals surface area contributed by atoms with Gasteiger partial charge in [-0.05, 0) is 62.6 Å². The molecule has 0 aromatic carbocycles. The maximum atomic E-state index is 12.8. The van der Waals surface area contributed by atoms with Crippen molar-refractivity contribution in [1.29, 1.82) is 0 Å². The largest absolute Gasteiger partial charge is 0.353 e. The molecule has 154 valence electrons. The lowest BCUT2D eigenvalue weighted by atomic mass is 9.86. The van der Waals surface area contributed by atoms with Gasteiger partial charge in [-0.15, -0.1) is 0 Å². The third-order valence-electron chi connectivity index (χ3n) is 6.30. The van der Waals surface area contributed by atoms with Crippen LogP contribution in [-0.2, 0) is 4.79 Å². The predicted molar refractivity (Wildman–Crippen MR) is 110 cm³/mol. The molecule has 7 heteroatoms. The topological polar surface area (TPSA) is 91.0 Å². The molecule has 3 heterocycles. The molecule has 2 amide bonds. The van der Waals surface area contributed by atoms with Crippen LogP contribution in [0.4, 0.5) is 0 Å². The van der Waals surface area contributed by atoms with Crippen LogP contribution in [-0.4, -0.2) is 51.0 Å². The van der Waals surface area contributed by atoms with Gasteiger partial charge in [-0.1, -0.05) is 6.92 Å². The van der Waals surface area contributed by atoms with Crippen molar-refractivity contribution in [2.45, 2.75) is 51.5 Å². The summed E-state index contributed by atoms with van der Waals surface area (Å²) >= 11 is 0. The van der Waals surface area contributed by atoms with Crippen LogP contribution in [0.2, 0.25) is 0 Å². The number of H-pyrrole nitrogens is 1. The van der Waals surface area contributed by atoms with Crippen LogP contribution >= 0.6 is 0 Å². The van der Waals surface area contributed by atoms with Gasteiger partial charge in [0.05, 0.1) is 5.69 Å². The molecular formula is C22H29N5O2. The Bertz CT molecular complexity index is 834. The molecule has 4 rings (SSSR count). The highest BCUT2D eigenvalue weighted by Crippen LogP contribution is 2.25. The minimum Gasteiger partial charge on any atom is -0.353 e. The summed E-state index contributed by atoms with van der Waals surface area (Å²) in [5.74, 6) is 0.863. The summed E-state index contributed by atoms with van der Waals surface area (Å²) in [5, 5.41) is 10.4. The Morgan fingerprint density at radius 3 is 2.45 bits per heavy atom. The Morgan fingerprint density at radius 2 is 1.76 bits per heavy atom. The molecule has 1 saturated heterocycles. The fourth-order valence-corrected chi connectivity index (χ4v) is 4.34. The van der Waals surface area contributed by atoms with E-state index in [1.807, 2.05) is 12.1 Å². The number of carbonyl (C=O) groups excluding carboxylic acids is 2. The Morgan fingerprint density at radius 1 is 1.07 bits per heavy atom. The molecule has 0 atom stereocenters. The maximum absolute atomic E-state index is 12.8. The van der Waals surface area contributed by atoms with E-state index in [1.165, 1.54) is 12.8 Å². The number of nitrogens with zero attached hydrogens (tertiary/aromatic N) is 3. The zero-order chi connectivity index (χ0) is 20.2. The zero-order valence-corrected chi connectivity index (χ0v) is 16.9. The van der Waals surface area contributed by atoms with Gasteiger partial charge >= 0.3 is 0 Å². The number of aromatic amines is 1. The van der Waals surface area contributed by atoms with Gasteiger partial charge in [0.25, 0.3) is 5.91 Å². The van der Waals surface area contributed by atoms with Gasteiger partial charge in [0.15, 0.2) is 5.69 Å². The van der Waals surface area contributed by atoms with Crippen molar-refractivity contribution < 1.29 is 9.59 Å². The van der Waals surface area contributed by atoms with Crippen molar-refractivity contribution in [2.24, 2.45) is 11.8 Å². The van der Waals surface area contributed by atoms with Gasteiger partial charge in [-0.3, -0.25) is 19.7 Å². The van der Waals surface area contributed by atoms with Gasteiger partial charge in [0.2, 0.25) is 5.91 Å². The van der Waals surface area contributed by atoms with Crippen LogP contribution in [0.5, 0.6) is 0 Å². The number of hydrogen-bond donors (Lipinski definition) is 2. The van der Waals surface area contributed by atoms with Gasteiger partial charge < -0.3 is 10.2 Å². The first-order valence-electron chi connectivity index (χ1n) is 10.7.